The van der Waals surface area contributed by atoms with Gasteiger partial charge in [-0.1, -0.05) is 17.7 Å². The maximum Gasteiger partial charge on any atom is 0.124 e. The number of nitrogens with one attached hydrogen (secondary N) is 1. The number of methoxy groups -OCH3 is 3. The van der Waals surface area contributed by atoms with E-state index < -0.39 is 0 Å². The summed E-state index contributed by atoms with van der Waals surface area (Å²) in [6, 6.07) is 5.61. The van der Waals surface area contributed by atoms with E-state index in [9.17, 15) is 0 Å². The number of hydrogen-bond acceptors (Lipinski definition) is 4. The van der Waals surface area contributed by atoms with E-state index in [1.165, 1.54) is 0 Å². The fourth-order valence-corrected chi connectivity index (χ4v) is 1.89. The van der Waals surface area contributed by atoms with Crippen LogP contribution in [0.25, 0.3) is 0 Å². The number of benzene rings is 1. The highest BCUT2D eigenvalue weighted by Gasteiger charge is 2.09. The Morgan fingerprint density at radius 3 is 2.67 bits per heavy atom. The highest BCUT2D eigenvalue weighted by Crippen LogP contribution is 2.25. The second-order valence-electron chi connectivity index (χ2n) is 3.86. The molecule has 1 unspecified atom stereocenters. The Morgan fingerprint density at radius 1 is 1.28 bits per heavy atom. The lowest BCUT2D eigenvalue weighted by molar-refractivity contribution is 0.0287. The molecule has 0 amide bonds. The lowest BCUT2D eigenvalue weighted by Gasteiger charge is -2.16. The summed E-state index contributed by atoms with van der Waals surface area (Å²) in [5.41, 5.74) is 0.953. The number of ether oxygens (including phenoxy) is 3. The Kier molecular flexibility index (Phi) is 7.05. The van der Waals surface area contributed by atoms with Gasteiger partial charge in [-0.25, -0.2) is 0 Å². The highest BCUT2D eigenvalue weighted by molar-refractivity contribution is 6.31. The lowest BCUT2D eigenvalue weighted by atomic mass is 10.2. The van der Waals surface area contributed by atoms with Crippen LogP contribution in [0, 0.1) is 0 Å². The first-order valence-corrected chi connectivity index (χ1v) is 6.14. The quantitative estimate of drug-likeness (QED) is 0.787. The molecule has 0 saturated carbocycles. The third-order valence-corrected chi connectivity index (χ3v) is 3.01. The third-order valence-electron chi connectivity index (χ3n) is 2.66. The van der Waals surface area contributed by atoms with E-state index in [2.05, 4.69) is 5.32 Å². The normalized spacial score (nSPS) is 12.4. The van der Waals surface area contributed by atoms with Crippen LogP contribution in [-0.2, 0) is 16.0 Å². The Hall–Kier alpha value is -0.810. The van der Waals surface area contributed by atoms with Gasteiger partial charge in [0.05, 0.1) is 19.8 Å². The standard InChI is InChI=1S/C13H20ClNO3/c1-16-9-10(17-2)7-15-8-11-12(14)5-4-6-13(11)18-3/h4-6,10,15H,7-9H2,1-3H3. The van der Waals surface area contributed by atoms with Crippen LogP contribution in [0.3, 0.4) is 0 Å². The van der Waals surface area contributed by atoms with Crippen LogP contribution in [-0.4, -0.2) is 40.6 Å². The Bertz CT molecular complexity index is 360. The van der Waals surface area contributed by atoms with Gasteiger partial charge in [0.2, 0.25) is 0 Å². The second-order valence-corrected chi connectivity index (χ2v) is 4.27. The van der Waals surface area contributed by atoms with E-state index in [1.54, 1.807) is 21.3 Å². The van der Waals surface area contributed by atoms with Crippen molar-refractivity contribution in [3.8, 4) is 5.75 Å². The van der Waals surface area contributed by atoms with Crippen molar-refractivity contribution < 1.29 is 14.2 Å². The monoisotopic (exact) mass is 273 g/mol. The molecule has 1 atom stereocenters. The largest absolute Gasteiger partial charge is 0.496 e. The molecule has 0 aliphatic carbocycles. The van der Waals surface area contributed by atoms with Gasteiger partial charge in [-0.05, 0) is 12.1 Å². The van der Waals surface area contributed by atoms with Crippen LogP contribution < -0.4 is 10.1 Å². The van der Waals surface area contributed by atoms with Crippen LogP contribution in [0.4, 0.5) is 0 Å². The number of hydrogen-bond donors (Lipinski definition) is 1. The summed E-state index contributed by atoms with van der Waals surface area (Å²) >= 11 is 6.14. The zero-order valence-corrected chi connectivity index (χ0v) is 11.8. The summed E-state index contributed by atoms with van der Waals surface area (Å²) in [7, 11) is 4.96. The van der Waals surface area contributed by atoms with E-state index >= 15 is 0 Å². The van der Waals surface area contributed by atoms with Crippen molar-refractivity contribution in [1.29, 1.82) is 0 Å². The smallest absolute Gasteiger partial charge is 0.124 e. The molecule has 0 bridgehead atoms. The first-order valence-electron chi connectivity index (χ1n) is 5.76. The Balaban J connectivity index is 2.52. The second kappa shape index (κ2) is 8.32. The van der Waals surface area contributed by atoms with Gasteiger partial charge >= 0.3 is 0 Å². The van der Waals surface area contributed by atoms with Crippen molar-refractivity contribution >= 4 is 11.6 Å². The molecular formula is C13H20ClNO3. The molecule has 0 aliphatic rings. The lowest BCUT2D eigenvalue weighted by Crippen LogP contribution is -2.31. The van der Waals surface area contributed by atoms with E-state index in [1.807, 2.05) is 18.2 Å². The minimum atomic E-state index is 0.0310. The predicted molar refractivity (Wildman–Crippen MR) is 72.4 cm³/mol. The molecule has 1 N–H and O–H groups in total. The minimum absolute atomic E-state index is 0.0310. The maximum atomic E-state index is 6.14. The van der Waals surface area contributed by atoms with Crippen LogP contribution in [0.1, 0.15) is 5.56 Å². The topological polar surface area (TPSA) is 39.7 Å². The molecule has 102 valence electrons. The summed E-state index contributed by atoms with van der Waals surface area (Å²) in [5.74, 6) is 0.788. The molecule has 1 aromatic rings. The van der Waals surface area contributed by atoms with Crippen LogP contribution in [0.5, 0.6) is 5.75 Å². The van der Waals surface area contributed by atoms with Crippen molar-refractivity contribution in [3.05, 3.63) is 28.8 Å². The van der Waals surface area contributed by atoms with Crippen molar-refractivity contribution in [1.82, 2.24) is 5.32 Å². The fraction of sp³-hybridized carbons (Fsp3) is 0.538. The van der Waals surface area contributed by atoms with E-state index in [4.69, 9.17) is 25.8 Å². The van der Waals surface area contributed by atoms with Crippen molar-refractivity contribution in [3.63, 3.8) is 0 Å². The number of rotatable bonds is 8. The van der Waals surface area contributed by atoms with Gasteiger partial charge in [0.15, 0.2) is 0 Å². The third kappa shape index (κ3) is 4.46. The van der Waals surface area contributed by atoms with Crippen molar-refractivity contribution in [2.24, 2.45) is 0 Å². The molecule has 0 aromatic heterocycles. The van der Waals surface area contributed by atoms with Gasteiger partial charge in [-0.3, -0.25) is 0 Å². The summed E-state index contributed by atoms with van der Waals surface area (Å²) in [6.45, 7) is 1.88. The zero-order chi connectivity index (χ0) is 13.4. The Labute approximate surface area is 113 Å². The van der Waals surface area contributed by atoms with Gasteiger partial charge in [0, 0.05) is 37.9 Å². The highest BCUT2D eigenvalue weighted by atomic mass is 35.5. The Morgan fingerprint density at radius 2 is 2.06 bits per heavy atom. The van der Waals surface area contributed by atoms with Gasteiger partial charge in [0.1, 0.15) is 5.75 Å². The molecule has 5 heteroatoms. The molecule has 0 aliphatic heterocycles. The average Bonchev–Trinajstić information content (AvgIpc) is 2.39. The first kappa shape index (κ1) is 15.2. The molecule has 18 heavy (non-hydrogen) atoms. The van der Waals surface area contributed by atoms with Gasteiger partial charge < -0.3 is 19.5 Å². The average molecular weight is 274 g/mol. The van der Waals surface area contributed by atoms with E-state index in [-0.39, 0.29) is 6.10 Å². The molecule has 0 saturated heterocycles. The molecule has 1 aromatic carbocycles. The molecular weight excluding hydrogens is 254 g/mol. The SMILES string of the molecule is COCC(CNCc1c(Cl)cccc1OC)OC. The molecule has 0 spiro atoms. The number of halogens is 1. The van der Waals surface area contributed by atoms with Crippen LogP contribution in [0.15, 0.2) is 18.2 Å². The minimum Gasteiger partial charge on any atom is -0.496 e. The van der Waals surface area contributed by atoms with Crippen LogP contribution >= 0.6 is 11.6 Å². The van der Waals surface area contributed by atoms with Gasteiger partial charge in [-0.2, -0.15) is 0 Å². The fourth-order valence-electron chi connectivity index (χ4n) is 1.66. The predicted octanol–water partition coefficient (Wildman–Crippen LogP) is 2.10. The van der Waals surface area contributed by atoms with Gasteiger partial charge in [-0.15, -0.1) is 0 Å². The molecule has 0 heterocycles. The summed E-state index contributed by atoms with van der Waals surface area (Å²) in [6.07, 6.45) is 0.0310. The maximum absolute atomic E-state index is 6.14. The van der Waals surface area contributed by atoms with Crippen molar-refractivity contribution in [2.75, 3.05) is 34.5 Å². The van der Waals surface area contributed by atoms with Crippen molar-refractivity contribution in [2.45, 2.75) is 12.6 Å². The molecule has 0 fully saturated rings. The molecule has 4 nitrogen and oxygen atoms in total. The first-order chi connectivity index (χ1) is 8.72. The van der Waals surface area contributed by atoms with Crippen LogP contribution in [0.2, 0.25) is 5.02 Å². The van der Waals surface area contributed by atoms with Gasteiger partial charge in [0.25, 0.3) is 0 Å². The summed E-state index contributed by atoms with van der Waals surface area (Å²) in [5, 5.41) is 3.98. The van der Waals surface area contributed by atoms with E-state index in [0.717, 1.165) is 11.3 Å². The van der Waals surface area contributed by atoms with E-state index in [0.29, 0.717) is 24.7 Å². The summed E-state index contributed by atoms with van der Waals surface area (Å²) < 4.78 is 15.6. The molecule has 0 radical (unpaired) electrons. The zero-order valence-electron chi connectivity index (χ0n) is 11.0. The summed E-state index contributed by atoms with van der Waals surface area (Å²) in [4.78, 5) is 0. The molecule has 1 rings (SSSR count).